The number of β-amino-alcohol motifs (C(OH)–C–C–N with tert-alkyl or cyclic N) is 1. The van der Waals surface area contributed by atoms with Crippen LogP contribution in [-0.2, 0) is 22.4 Å². The summed E-state index contributed by atoms with van der Waals surface area (Å²) in [4.78, 5) is 18.2. The number of nitriles is 1. The number of nitrogens with zero attached hydrogens (tertiary/aromatic N) is 4. The lowest BCUT2D eigenvalue weighted by atomic mass is 10.00. The van der Waals surface area contributed by atoms with Gasteiger partial charge in [0.05, 0.1) is 18.8 Å². The largest absolute Gasteiger partial charge is 0.490 e. The molecule has 4 rings (SSSR count). The number of aromatic nitrogens is 2. The summed E-state index contributed by atoms with van der Waals surface area (Å²) in [7, 11) is 1.27. The van der Waals surface area contributed by atoms with Crippen molar-refractivity contribution < 1.29 is 23.9 Å². The Morgan fingerprint density at radius 1 is 1.17 bits per heavy atom. The molecule has 0 spiro atoms. The SMILES string of the molecule is COC(=O)C(O)CN1CCc2ccc(-c3noc(-c4ccc(OC(C)C)c(C#N)c4)n3)cc2CC1. The average molecular weight is 477 g/mol. The van der Waals surface area contributed by atoms with E-state index in [0.29, 0.717) is 35.1 Å². The first kappa shape index (κ1) is 24.4. The molecule has 0 saturated carbocycles. The van der Waals surface area contributed by atoms with Gasteiger partial charge in [0.2, 0.25) is 5.82 Å². The number of hydrogen-bond acceptors (Lipinski definition) is 9. The van der Waals surface area contributed by atoms with Crippen LogP contribution in [0.3, 0.4) is 0 Å². The molecule has 182 valence electrons. The molecule has 0 fully saturated rings. The number of carbonyl (C=O) groups excluding carboxylic acids is 1. The first-order valence-electron chi connectivity index (χ1n) is 11.5. The van der Waals surface area contributed by atoms with E-state index in [1.54, 1.807) is 18.2 Å². The molecule has 9 nitrogen and oxygen atoms in total. The van der Waals surface area contributed by atoms with E-state index in [2.05, 4.69) is 38.0 Å². The summed E-state index contributed by atoms with van der Waals surface area (Å²) in [5.41, 5.74) is 4.27. The van der Waals surface area contributed by atoms with Crippen LogP contribution >= 0.6 is 0 Å². The smallest absolute Gasteiger partial charge is 0.336 e. The normalized spacial score (nSPS) is 14.6. The van der Waals surface area contributed by atoms with Gasteiger partial charge in [-0.25, -0.2) is 4.79 Å². The zero-order valence-corrected chi connectivity index (χ0v) is 20.0. The Kier molecular flexibility index (Phi) is 7.44. The van der Waals surface area contributed by atoms with Crippen LogP contribution in [0.25, 0.3) is 22.8 Å². The fraction of sp³-hybridized carbons (Fsp3) is 0.385. The topological polar surface area (TPSA) is 122 Å². The number of methoxy groups -OCH3 is 1. The van der Waals surface area contributed by atoms with Crippen LogP contribution in [0.15, 0.2) is 40.9 Å². The summed E-state index contributed by atoms with van der Waals surface area (Å²) >= 11 is 0. The highest BCUT2D eigenvalue weighted by molar-refractivity contribution is 5.74. The van der Waals surface area contributed by atoms with Crippen LogP contribution in [-0.4, -0.2) is 65.1 Å². The van der Waals surface area contributed by atoms with Crippen LogP contribution in [0.1, 0.15) is 30.5 Å². The minimum atomic E-state index is -1.15. The van der Waals surface area contributed by atoms with E-state index in [0.717, 1.165) is 24.9 Å². The molecular weight excluding hydrogens is 448 g/mol. The number of esters is 1. The number of ether oxygens (including phenoxy) is 2. The third kappa shape index (κ3) is 5.67. The minimum Gasteiger partial charge on any atom is -0.490 e. The Hall–Kier alpha value is -3.74. The van der Waals surface area contributed by atoms with E-state index in [1.807, 2.05) is 19.9 Å². The third-order valence-electron chi connectivity index (χ3n) is 5.90. The van der Waals surface area contributed by atoms with Gasteiger partial charge in [-0.1, -0.05) is 17.3 Å². The van der Waals surface area contributed by atoms with Crippen molar-refractivity contribution in [3.05, 3.63) is 53.1 Å². The molecule has 9 heteroatoms. The van der Waals surface area contributed by atoms with Gasteiger partial charge >= 0.3 is 5.97 Å². The summed E-state index contributed by atoms with van der Waals surface area (Å²) in [6, 6.07) is 13.5. The van der Waals surface area contributed by atoms with Gasteiger partial charge in [-0.3, -0.25) is 4.90 Å². The fourth-order valence-corrected chi connectivity index (χ4v) is 4.11. The van der Waals surface area contributed by atoms with Crippen molar-refractivity contribution in [3.63, 3.8) is 0 Å². The molecule has 1 aliphatic heterocycles. The lowest BCUT2D eigenvalue weighted by Gasteiger charge is -2.21. The van der Waals surface area contributed by atoms with Gasteiger partial charge in [0.25, 0.3) is 5.89 Å². The van der Waals surface area contributed by atoms with E-state index >= 15 is 0 Å². The second-order valence-corrected chi connectivity index (χ2v) is 8.74. The maximum atomic E-state index is 11.5. The number of hydrogen-bond donors (Lipinski definition) is 1. The average Bonchev–Trinajstić information content (AvgIpc) is 3.27. The lowest BCUT2D eigenvalue weighted by molar-refractivity contribution is -0.151. The molecule has 35 heavy (non-hydrogen) atoms. The van der Waals surface area contributed by atoms with Crippen LogP contribution in [0.4, 0.5) is 0 Å². The lowest BCUT2D eigenvalue weighted by Crippen LogP contribution is -2.38. The summed E-state index contributed by atoms with van der Waals surface area (Å²) in [6.07, 6.45) is 0.385. The van der Waals surface area contributed by atoms with Gasteiger partial charge in [-0.2, -0.15) is 10.2 Å². The van der Waals surface area contributed by atoms with Crippen molar-refractivity contribution in [2.24, 2.45) is 0 Å². The molecular formula is C26H28N4O5. The molecule has 0 bridgehead atoms. The number of fused-ring (bicyclic) bond motifs is 1. The third-order valence-corrected chi connectivity index (χ3v) is 5.90. The number of rotatable bonds is 7. The maximum absolute atomic E-state index is 11.5. The molecule has 1 N–H and O–H groups in total. The van der Waals surface area contributed by atoms with Crippen LogP contribution in [0, 0.1) is 11.3 Å². The van der Waals surface area contributed by atoms with Crippen LogP contribution in [0.2, 0.25) is 0 Å². The van der Waals surface area contributed by atoms with Crippen molar-refractivity contribution in [3.8, 4) is 34.7 Å². The number of carbonyl (C=O) groups is 1. The number of aliphatic hydroxyl groups excluding tert-OH is 1. The number of aliphatic hydroxyl groups is 1. The van der Waals surface area contributed by atoms with E-state index < -0.39 is 12.1 Å². The predicted molar refractivity (Wildman–Crippen MR) is 128 cm³/mol. The van der Waals surface area contributed by atoms with Crippen molar-refractivity contribution in [1.29, 1.82) is 5.26 Å². The van der Waals surface area contributed by atoms with E-state index in [4.69, 9.17) is 9.26 Å². The molecule has 1 unspecified atom stereocenters. The van der Waals surface area contributed by atoms with Crippen molar-refractivity contribution >= 4 is 5.97 Å². The molecule has 2 heterocycles. The second kappa shape index (κ2) is 10.7. The van der Waals surface area contributed by atoms with Crippen LogP contribution < -0.4 is 4.74 Å². The monoisotopic (exact) mass is 476 g/mol. The zero-order chi connectivity index (χ0) is 24.9. The van der Waals surface area contributed by atoms with Gasteiger partial charge in [-0.15, -0.1) is 0 Å². The Morgan fingerprint density at radius 2 is 1.91 bits per heavy atom. The van der Waals surface area contributed by atoms with Gasteiger partial charge in [-0.05, 0) is 62.1 Å². The van der Waals surface area contributed by atoms with Gasteiger partial charge in [0.15, 0.2) is 6.10 Å². The Bertz CT molecular complexity index is 1250. The molecule has 3 aromatic rings. The summed E-state index contributed by atoms with van der Waals surface area (Å²) < 4.78 is 15.8. The molecule has 0 saturated heterocycles. The molecule has 1 atom stereocenters. The van der Waals surface area contributed by atoms with Gasteiger partial charge in [0, 0.05) is 30.8 Å². The van der Waals surface area contributed by atoms with E-state index in [-0.39, 0.29) is 12.6 Å². The van der Waals surface area contributed by atoms with Gasteiger partial charge < -0.3 is 19.1 Å². The summed E-state index contributed by atoms with van der Waals surface area (Å²) in [5.74, 6) is 0.687. The van der Waals surface area contributed by atoms with Gasteiger partial charge in [0.1, 0.15) is 11.8 Å². The highest BCUT2D eigenvalue weighted by Gasteiger charge is 2.22. The van der Waals surface area contributed by atoms with Crippen LogP contribution in [0.5, 0.6) is 5.75 Å². The maximum Gasteiger partial charge on any atom is 0.336 e. The molecule has 1 aliphatic rings. The Labute approximate surface area is 203 Å². The van der Waals surface area contributed by atoms with E-state index in [1.165, 1.54) is 18.2 Å². The Balaban J connectivity index is 1.50. The van der Waals surface area contributed by atoms with Crippen molar-refractivity contribution in [1.82, 2.24) is 15.0 Å². The molecule has 0 aliphatic carbocycles. The van der Waals surface area contributed by atoms with Crippen molar-refractivity contribution in [2.45, 2.75) is 38.9 Å². The van der Waals surface area contributed by atoms with Crippen molar-refractivity contribution in [2.75, 3.05) is 26.7 Å². The zero-order valence-electron chi connectivity index (χ0n) is 20.0. The first-order valence-corrected chi connectivity index (χ1v) is 11.5. The molecule has 2 aromatic carbocycles. The first-order chi connectivity index (χ1) is 16.9. The molecule has 1 aromatic heterocycles. The Morgan fingerprint density at radius 3 is 2.63 bits per heavy atom. The quantitative estimate of drug-likeness (QED) is 0.513. The standard InChI is InChI=1S/C26H28N4O5/c1-16(2)34-23-7-6-20(13-21(23)14-27)25-28-24(29-35-25)19-5-4-17-8-10-30(11-9-18(17)12-19)15-22(31)26(32)33-3/h4-7,12-13,16,22,31H,8-11,15H2,1-3H3. The van der Waals surface area contributed by atoms with E-state index in [9.17, 15) is 15.2 Å². The predicted octanol–water partition coefficient (Wildman–Crippen LogP) is 3.00. The molecule has 0 radical (unpaired) electrons. The fourth-order valence-electron chi connectivity index (χ4n) is 4.11. The summed E-state index contributed by atoms with van der Waals surface area (Å²) in [6.45, 7) is 5.51. The second-order valence-electron chi connectivity index (χ2n) is 8.74. The minimum absolute atomic E-state index is 0.0406. The highest BCUT2D eigenvalue weighted by Crippen LogP contribution is 2.29. The highest BCUT2D eigenvalue weighted by atomic mass is 16.5. The number of benzene rings is 2. The molecule has 0 amide bonds. The summed E-state index contributed by atoms with van der Waals surface area (Å²) in [5, 5.41) is 23.6.